The summed E-state index contributed by atoms with van der Waals surface area (Å²) in [6.07, 6.45) is 1.15. The highest BCUT2D eigenvalue weighted by Crippen LogP contribution is 2.29. The van der Waals surface area contributed by atoms with Gasteiger partial charge in [-0.1, -0.05) is 24.6 Å². The second kappa shape index (κ2) is 8.59. The summed E-state index contributed by atoms with van der Waals surface area (Å²) in [6.45, 7) is 7.79. The fraction of sp³-hybridized carbons (Fsp3) is 0.625. The highest BCUT2D eigenvalue weighted by Gasteiger charge is 2.15. The molecule has 1 aromatic carbocycles. The number of aliphatic hydroxyl groups excluding tert-OH is 1. The Hall–Kier alpha value is -0.810. The average Bonchev–Trinajstić information content (AvgIpc) is 2.51. The van der Waals surface area contributed by atoms with Crippen molar-refractivity contribution in [3.63, 3.8) is 0 Å². The highest BCUT2D eigenvalue weighted by atomic mass is 35.5. The minimum atomic E-state index is -0.521. The van der Waals surface area contributed by atoms with Crippen LogP contribution in [0.4, 0.5) is 0 Å². The van der Waals surface area contributed by atoms with E-state index in [1.807, 2.05) is 12.1 Å². The van der Waals surface area contributed by atoms with Crippen molar-refractivity contribution >= 4 is 11.6 Å². The summed E-state index contributed by atoms with van der Waals surface area (Å²) >= 11 is 6.26. The van der Waals surface area contributed by atoms with Crippen LogP contribution >= 0.6 is 11.6 Å². The Morgan fingerprint density at radius 1 is 1.38 bits per heavy atom. The number of nitrogens with zero attached hydrogens (tertiary/aromatic N) is 1. The zero-order valence-corrected chi connectivity index (χ0v) is 13.4. The number of halogens is 1. The normalized spacial score (nSPS) is 17.7. The molecular weight excluding hydrogens is 288 g/mol. The monoisotopic (exact) mass is 312 g/mol. The number of hydrogen-bond acceptors (Lipinski definition) is 4. The van der Waals surface area contributed by atoms with E-state index < -0.39 is 6.10 Å². The first-order valence-electron chi connectivity index (χ1n) is 7.74. The van der Waals surface area contributed by atoms with Gasteiger partial charge in [0.1, 0.15) is 5.75 Å². The number of rotatable bonds is 7. The second-order valence-electron chi connectivity index (χ2n) is 5.43. The molecule has 1 fully saturated rings. The van der Waals surface area contributed by atoms with E-state index in [2.05, 4.69) is 17.1 Å². The zero-order valence-electron chi connectivity index (χ0n) is 12.6. The molecule has 1 atom stereocenters. The Labute approximate surface area is 132 Å². The molecule has 5 heteroatoms. The van der Waals surface area contributed by atoms with E-state index in [-0.39, 0.29) is 0 Å². The van der Waals surface area contributed by atoms with Crippen molar-refractivity contribution < 1.29 is 9.84 Å². The van der Waals surface area contributed by atoms with Gasteiger partial charge in [0.05, 0.1) is 17.7 Å². The topological polar surface area (TPSA) is 44.7 Å². The van der Waals surface area contributed by atoms with Gasteiger partial charge in [-0.2, -0.15) is 0 Å². The molecule has 0 aromatic heterocycles. The van der Waals surface area contributed by atoms with E-state index in [1.54, 1.807) is 6.07 Å². The number of piperazine rings is 1. The van der Waals surface area contributed by atoms with Crippen LogP contribution in [0.1, 0.15) is 31.4 Å². The summed E-state index contributed by atoms with van der Waals surface area (Å²) in [5.74, 6) is 0.764. The fourth-order valence-electron chi connectivity index (χ4n) is 2.48. The van der Waals surface area contributed by atoms with Crippen LogP contribution in [0.3, 0.4) is 0 Å². The van der Waals surface area contributed by atoms with Crippen LogP contribution in [0.25, 0.3) is 0 Å². The lowest BCUT2D eigenvalue weighted by atomic mass is 10.1. The number of nitrogens with one attached hydrogen (secondary N) is 1. The summed E-state index contributed by atoms with van der Waals surface area (Å²) in [5.41, 5.74) is 0.788. The molecular formula is C16H25ClN2O2. The maximum absolute atomic E-state index is 10.3. The number of ether oxygens (including phenoxy) is 1. The first-order chi connectivity index (χ1) is 10.2. The average molecular weight is 313 g/mol. The Morgan fingerprint density at radius 2 is 2.14 bits per heavy atom. The van der Waals surface area contributed by atoms with Gasteiger partial charge < -0.3 is 20.1 Å². The van der Waals surface area contributed by atoms with E-state index in [4.69, 9.17) is 16.3 Å². The molecule has 1 unspecified atom stereocenters. The van der Waals surface area contributed by atoms with Crippen LogP contribution in [-0.4, -0.2) is 49.3 Å². The third-order valence-electron chi connectivity index (χ3n) is 3.73. The van der Waals surface area contributed by atoms with Crippen LogP contribution in [0.5, 0.6) is 5.75 Å². The SMILES string of the molecule is CCCOc1ccc(C(O)CCN2CCNCC2)c(Cl)c1. The largest absolute Gasteiger partial charge is 0.494 e. The van der Waals surface area contributed by atoms with E-state index in [0.29, 0.717) is 18.1 Å². The standard InChI is InChI=1S/C16H25ClN2O2/c1-2-11-21-13-3-4-14(15(17)12-13)16(20)5-8-19-9-6-18-7-10-19/h3-4,12,16,18,20H,2,5-11H2,1H3. The van der Waals surface area contributed by atoms with E-state index in [9.17, 15) is 5.11 Å². The molecule has 1 saturated heterocycles. The molecule has 0 amide bonds. The molecule has 1 aliphatic rings. The molecule has 118 valence electrons. The number of benzene rings is 1. The Morgan fingerprint density at radius 3 is 2.81 bits per heavy atom. The van der Waals surface area contributed by atoms with Gasteiger partial charge in [0.2, 0.25) is 0 Å². The first kappa shape index (κ1) is 16.6. The number of hydrogen-bond donors (Lipinski definition) is 2. The second-order valence-corrected chi connectivity index (χ2v) is 5.84. The molecule has 0 aliphatic carbocycles. The molecule has 0 saturated carbocycles. The van der Waals surface area contributed by atoms with E-state index >= 15 is 0 Å². The van der Waals surface area contributed by atoms with Crippen LogP contribution in [0.15, 0.2) is 18.2 Å². The predicted molar refractivity (Wildman–Crippen MR) is 86.1 cm³/mol. The Bertz CT molecular complexity index is 436. The van der Waals surface area contributed by atoms with Crippen LogP contribution in [-0.2, 0) is 0 Å². The molecule has 4 nitrogen and oxygen atoms in total. The smallest absolute Gasteiger partial charge is 0.120 e. The van der Waals surface area contributed by atoms with Crippen molar-refractivity contribution in [2.75, 3.05) is 39.3 Å². The third kappa shape index (κ3) is 5.15. The van der Waals surface area contributed by atoms with Gasteiger partial charge in [-0.15, -0.1) is 0 Å². The van der Waals surface area contributed by atoms with Gasteiger partial charge in [0.15, 0.2) is 0 Å². The van der Waals surface area contributed by atoms with Gasteiger partial charge in [0.25, 0.3) is 0 Å². The molecule has 0 bridgehead atoms. The highest BCUT2D eigenvalue weighted by molar-refractivity contribution is 6.31. The molecule has 2 rings (SSSR count). The van der Waals surface area contributed by atoms with Gasteiger partial charge in [-0.05, 0) is 30.5 Å². The van der Waals surface area contributed by atoms with Crippen molar-refractivity contribution in [3.8, 4) is 5.75 Å². The summed E-state index contributed by atoms with van der Waals surface area (Å²) < 4.78 is 5.54. The van der Waals surface area contributed by atoms with E-state index in [1.165, 1.54) is 0 Å². The van der Waals surface area contributed by atoms with Crippen LogP contribution < -0.4 is 10.1 Å². The molecule has 0 spiro atoms. The molecule has 1 aromatic rings. The van der Waals surface area contributed by atoms with Gasteiger partial charge in [0, 0.05) is 32.7 Å². The predicted octanol–water partition coefficient (Wildman–Crippen LogP) is 2.46. The zero-order chi connectivity index (χ0) is 15.1. The Balaban J connectivity index is 1.87. The number of aliphatic hydroxyl groups is 1. The van der Waals surface area contributed by atoms with Crippen molar-refractivity contribution in [1.29, 1.82) is 0 Å². The summed E-state index contributed by atoms with van der Waals surface area (Å²) in [6, 6.07) is 5.54. The maximum Gasteiger partial charge on any atom is 0.120 e. The fourth-order valence-corrected chi connectivity index (χ4v) is 2.78. The van der Waals surface area contributed by atoms with Crippen molar-refractivity contribution in [2.45, 2.75) is 25.9 Å². The quantitative estimate of drug-likeness (QED) is 0.812. The molecule has 2 N–H and O–H groups in total. The lowest BCUT2D eigenvalue weighted by molar-refractivity contribution is 0.136. The van der Waals surface area contributed by atoms with Crippen molar-refractivity contribution in [1.82, 2.24) is 10.2 Å². The van der Waals surface area contributed by atoms with Gasteiger partial charge in [-0.25, -0.2) is 0 Å². The molecule has 0 radical (unpaired) electrons. The summed E-state index contributed by atoms with van der Waals surface area (Å²) in [5, 5.41) is 14.2. The van der Waals surface area contributed by atoms with Gasteiger partial charge >= 0.3 is 0 Å². The van der Waals surface area contributed by atoms with E-state index in [0.717, 1.165) is 50.5 Å². The Kier molecular flexibility index (Phi) is 6.77. The van der Waals surface area contributed by atoms with Crippen LogP contribution in [0, 0.1) is 0 Å². The first-order valence-corrected chi connectivity index (χ1v) is 8.12. The van der Waals surface area contributed by atoms with Crippen LogP contribution in [0.2, 0.25) is 5.02 Å². The third-order valence-corrected chi connectivity index (χ3v) is 4.06. The maximum atomic E-state index is 10.3. The molecule has 21 heavy (non-hydrogen) atoms. The summed E-state index contributed by atoms with van der Waals surface area (Å²) in [7, 11) is 0. The summed E-state index contributed by atoms with van der Waals surface area (Å²) in [4.78, 5) is 2.37. The van der Waals surface area contributed by atoms with Crippen molar-refractivity contribution in [3.05, 3.63) is 28.8 Å². The lowest BCUT2D eigenvalue weighted by Gasteiger charge is -2.28. The van der Waals surface area contributed by atoms with Gasteiger partial charge in [-0.3, -0.25) is 0 Å². The minimum absolute atomic E-state index is 0.521. The van der Waals surface area contributed by atoms with Crippen molar-refractivity contribution in [2.24, 2.45) is 0 Å². The lowest BCUT2D eigenvalue weighted by Crippen LogP contribution is -2.44. The minimum Gasteiger partial charge on any atom is -0.494 e. The molecule has 1 aliphatic heterocycles. The molecule has 1 heterocycles.